The van der Waals surface area contributed by atoms with Crippen LogP contribution in [0.25, 0.3) is 11.4 Å². The number of aromatic nitrogens is 2. The molecule has 1 aliphatic carbocycles. The van der Waals surface area contributed by atoms with Gasteiger partial charge in [-0.2, -0.15) is 0 Å². The molecule has 0 N–H and O–H groups in total. The first-order valence-corrected chi connectivity index (χ1v) is 7.24. The van der Waals surface area contributed by atoms with Crippen molar-refractivity contribution in [2.24, 2.45) is 5.92 Å². The standard InChI is InChI=1S/C16H17ClN2/c1-2-11-3-8-15-13(9-11)10-18-16(19-15)12-4-6-14(17)7-5-12/h4-7,10-11H,2-3,8-9H2,1H3. The number of hydrogen-bond donors (Lipinski definition) is 0. The third-order valence-corrected chi connectivity index (χ3v) is 4.18. The van der Waals surface area contributed by atoms with Crippen molar-refractivity contribution in [1.29, 1.82) is 0 Å². The monoisotopic (exact) mass is 272 g/mol. The van der Waals surface area contributed by atoms with E-state index >= 15 is 0 Å². The zero-order chi connectivity index (χ0) is 13.2. The molecule has 3 heteroatoms. The normalized spacial score (nSPS) is 18.1. The zero-order valence-corrected chi connectivity index (χ0v) is 11.8. The van der Waals surface area contributed by atoms with Gasteiger partial charge in [0.15, 0.2) is 5.82 Å². The molecule has 0 spiro atoms. The Hall–Kier alpha value is -1.41. The third-order valence-electron chi connectivity index (χ3n) is 3.93. The van der Waals surface area contributed by atoms with E-state index in [0.717, 1.165) is 35.2 Å². The molecular weight excluding hydrogens is 256 g/mol. The summed E-state index contributed by atoms with van der Waals surface area (Å²) in [5.74, 6) is 1.61. The van der Waals surface area contributed by atoms with E-state index in [2.05, 4.69) is 11.9 Å². The van der Waals surface area contributed by atoms with E-state index in [0.29, 0.717) is 0 Å². The fraction of sp³-hybridized carbons (Fsp3) is 0.375. The van der Waals surface area contributed by atoms with Crippen molar-refractivity contribution in [2.45, 2.75) is 32.6 Å². The van der Waals surface area contributed by atoms with E-state index in [9.17, 15) is 0 Å². The van der Waals surface area contributed by atoms with Crippen LogP contribution in [0.5, 0.6) is 0 Å². The highest BCUT2D eigenvalue weighted by molar-refractivity contribution is 6.30. The van der Waals surface area contributed by atoms with E-state index in [1.807, 2.05) is 30.5 Å². The van der Waals surface area contributed by atoms with Crippen molar-refractivity contribution >= 4 is 11.6 Å². The van der Waals surface area contributed by atoms with Crippen LogP contribution in [-0.4, -0.2) is 9.97 Å². The molecule has 2 nitrogen and oxygen atoms in total. The summed E-state index contributed by atoms with van der Waals surface area (Å²) in [6.45, 7) is 2.26. The fourth-order valence-electron chi connectivity index (χ4n) is 2.67. The lowest BCUT2D eigenvalue weighted by Crippen LogP contribution is -2.15. The Balaban J connectivity index is 1.92. The van der Waals surface area contributed by atoms with Crippen LogP contribution in [0.3, 0.4) is 0 Å². The average Bonchev–Trinajstić information content (AvgIpc) is 2.47. The Morgan fingerprint density at radius 1 is 1.26 bits per heavy atom. The van der Waals surface area contributed by atoms with Crippen LogP contribution < -0.4 is 0 Å². The summed E-state index contributed by atoms with van der Waals surface area (Å²) in [7, 11) is 0. The van der Waals surface area contributed by atoms with Crippen molar-refractivity contribution < 1.29 is 0 Å². The predicted octanol–water partition coefficient (Wildman–Crippen LogP) is 4.31. The zero-order valence-electron chi connectivity index (χ0n) is 11.1. The highest BCUT2D eigenvalue weighted by Gasteiger charge is 2.19. The largest absolute Gasteiger partial charge is 0.236 e. The Bertz CT molecular complexity index is 578. The van der Waals surface area contributed by atoms with Crippen LogP contribution in [-0.2, 0) is 12.8 Å². The lowest BCUT2D eigenvalue weighted by atomic mass is 9.86. The van der Waals surface area contributed by atoms with E-state index < -0.39 is 0 Å². The minimum Gasteiger partial charge on any atom is -0.236 e. The second kappa shape index (κ2) is 5.30. The van der Waals surface area contributed by atoms with Gasteiger partial charge in [0.1, 0.15) is 0 Å². The topological polar surface area (TPSA) is 25.8 Å². The van der Waals surface area contributed by atoms with Gasteiger partial charge in [0.05, 0.1) is 0 Å². The van der Waals surface area contributed by atoms with Crippen molar-refractivity contribution in [3.8, 4) is 11.4 Å². The maximum atomic E-state index is 5.91. The van der Waals surface area contributed by atoms with Crippen molar-refractivity contribution in [3.63, 3.8) is 0 Å². The molecule has 1 unspecified atom stereocenters. The molecule has 1 aliphatic rings. The fourth-order valence-corrected chi connectivity index (χ4v) is 2.80. The molecule has 98 valence electrons. The number of rotatable bonds is 2. The number of hydrogen-bond acceptors (Lipinski definition) is 2. The van der Waals surface area contributed by atoms with Crippen LogP contribution in [0.1, 0.15) is 31.0 Å². The number of nitrogens with zero attached hydrogens (tertiary/aromatic N) is 2. The number of fused-ring (bicyclic) bond motifs is 1. The summed E-state index contributed by atoms with van der Waals surface area (Å²) in [5, 5.41) is 0.743. The Morgan fingerprint density at radius 3 is 2.79 bits per heavy atom. The van der Waals surface area contributed by atoms with Crippen molar-refractivity contribution in [2.75, 3.05) is 0 Å². The number of aryl methyl sites for hydroxylation is 1. The molecule has 0 aliphatic heterocycles. The van der Waals surface area contributed by atoms with Crippen LogP contribution in [0.15, 0.2) is 30.5 Å². The van der Waals surface area contributed by atoms with Gasteiger partial charge in [0, 0.05) is 22.5 Å². The average molecular weight is 273 g/mol. The minimum atomic E-state index is 0.743. The summed E-state index contributed by atoms with van der Waals surface area (Å²) in [6, 6.07) is 7.71. The first-order valence-electron chi connectivity index (χ1n) is 6.87. The van der Waals surface area contributed by atoms with E-state index in [4.69, 9.17) is 16.6 Å². The van der Waals surface area contributed by atoms with Gasteiger partial charge in [0.2, 0.25) is 0 Å². The molecular formula is C16H17ClN2. The lowest BCUT2D eigenvalue weighted by Gasteiger charge is -2.22. The van der Waals surface area contributed by atoms with Crippen LogP contribution >= 0.6 is 11.6 Å². The van der Waals surface area contributed by atoms with E-state index in [-0.39, 0.29) is 0 Å². The Kier molecular flexibility index (Phi) is 3.52. The molecule has 1 aromatic heterocycles. The van der Waals surface area contributed by atoms with Gasteiger partial charge < -0.3 is 0 Å². The molecule has 0 radical (unpaired) electrons. The summed E-state index contributed by atoms with van der Waals surface area (Å²) in [5.41, 5.74) is 3.59. The molecule has 19 heavy (non-hydrogen) atoms. The van der Waals surface area contributed by atoms with Crippen molar-refractivity contribution in [1.82, 2.24) is 9.97 Å². The Labute approximate surface area is 118 Å². The summed E-state index contributed by atoms with van der Waals surface area (Å²) in [4.78, 5) is 9.23. The summed E-state index contributed by atoms with van der Waals surface area (Å²) in [6.07, 6.45) is 6.72. The maximum absolute atomic E-state index is 5.91. The lowest BCUT2D eigenvalue weighted by molar-refractivity contribution is 0.439. The van der Waals surface area contributed by atoms with E-state index in [1.54, 1.807) is 0 Å². The maximum Gasteiger partial charge on any atom is 0.159 e. The van der Waals surface area contributed by atoms with Gasteiger partial charge in [0.25, 0.3) is 0 Å². The predicted molar refractivity (Wildman–Crippen MR) is 78.3 cm³/mol. The summed E-state index contributed by atoms with van der Waals surface area (Å²) >= 11 is 5.91. The number of halogens is 1. The van der Waals surface area contributed by atoms with Gasteiger partial charge in [-0.1, -0.05) is 24.9 Å². The van der Waals surface area contributed by atoms with Gasteiger partial charge in [-0.25, -0.2) is 9.97 Å². The van der Waals surface area contributed by atoms with Crippen LogP contribution in [0.4, 0.5) is 0 Å². The Morgan fingerprint density at radius 2 is 2.05 bits per heavy atom. The van der Waals surface area contributed by atoms with Gasteiger partial charge >= 0.3 is 0 Å². The molecule has 2 aromatic rings. The smallest absolute Gasteiger partial charge is 0.159 e. The highest BCUT2D eigenvalue weighted by Crippen LogP contribution is 2.27. The minimum absolute atomic E-state index is 0.743. The molecule has 0 amide bonds. The van der Waals surface area contributed by atoms with Gasteiger partial charge in [-0.15, -0.1) is 0 Å². The quantitative estimate of drug-likeness (QED) is 0.814. The molecule has 1 aromatic carbocycles. The molecule has 1 heterocycles. The second-order valence-electron chi connectivity index (χ2n) is 5.19. The third kappa shape index (κ3) is 2.64. The summed E-state index contributed by atoms with van der Waals surface area (Å²) < 4.78 is 0. The first-order chi connectivity index (χ1) is 9.26. The first kappa shape index (κ1) is 12.6. The van der Waals surface area contributed by atoms with E-state index in [1.165, 1.54) is 24.1 Å². The van der Waals surface area contributed by atoms with Crippen molar-refractivity contribution in [3.05, 3.63) is 46.7 Å². The molecule has 0 saturated heterocycles. The molecule has 0 fully saturated rings. The number of benzene rings is 1. The molecule has 1 atom stereocenters. The van der Waals surface area contributed by atoms with Gasteiger partial charge in [-0.3, -0.25) is 0 Å². The second-order valence-corrected chi connectivity index (χ2v) is 5.63. The molecule has 0 saturated carbocycles. The molecule has 0 bridgehead atoms. The van der Waals surface area contributed by atoms with Crippen LogP contribution in [0, 0.1) is 5.92 Å². The SMILES string of the molecule is CCC1CCc2nc(-c3ccc(Cl)cc3)ncc2C1. The molecule has 3 rings (SSSR count). The highest BCUT2D eigenvalue weighted by atomic mass is 35.5. The van der Waals surface area contributed by atoms with Crippen LogP contribution in [0.2, 0.25) is 5.02 Å². The van der Waals surface area contributed by atoms with Gasteiger partial charge in [-0.05, 0) is 55.0 Å².